The first kappa shape index (κ1) is 8.70. The van der Waals surface area contributed by atoms with Gasteiger partial charge in [0.2, 0.25) is 0 Å². The number of rotatable bonds is 0. The molecule has 0 heterocycles. The van der Waals surface area contributed by atoms with E-state index in [-0.39, 0.29) is 5.78 Å². The van der Waals surface area contributed by atoms with E-state index in [0.717, 1.165) is 21.1 Å². The normalized spacial score (nSPS) is 14.0. The third-order valence-corrected chi connectivity index (χ3v) is 3.19. The van der Waals surface area contributed by atoms with Crippen LogP contribution in [0.2, 0.25) is 0 Å². The molecule has 0 N–H and O–H groups in total. The summed E-state index contributed by atoms with van der Waals surface area (Å²) in [6, 6.07) is 5.59. The van der Waals surface area contributed by atoms with Gasteiger partial charge in [-0.15, -0.1) is 0 Å². The number of benzene rings is 1. The van der Waals surface area contributed by atoms with Gasteiger partial charge in [0.05, 0.1) is 11.6 Å². The lowest BCUT2D eigenvalue weighted by Crippen LogP contribution is -1.94. The fraction of sp³-hybridized carbons (Fsp3) is 0.200. The van der Waals surface area contributed by atoms with Crippen molar-refractivity contribution < 1.29 is 4.79 Å². The van der Waals surface area contributed by atoms with Crippen LogP contribution in [0, 0.1) is 14.9 Å². The SMILES string of the molecule is N#Cc1cc(I)c2c(c1)C(=O)CC2. The molecule has 0 aliphatic heterocycles. The summed E-state index contributed by atoms with van der Waals surface area (Å²) in [5.41, 5.74) is 2.45. The van der Waals surface area contributed by atoms with E-state index in [1.165, 1.54) is 0 Å². The van der Waals surface area contributed by atoms with E-state index >= 15 is 0 Å². The summed E-state index contributed by atoms with van der Waals surface area (Å²) in [6.45, 7) is 0. The van der Waals surface area contributed by atoms with Gasteiger partial charge < -0.3 is 0 Å². The highest BCUT2D eigenvalue weighted by atomic mass is 127. The summed E-state index contributed by atoms with van der Waals surface area (Å²) in [7, 11) is 0. The van der Waals surface area contributed by atoms with Crippen LogP contribution in [-0.2, 0) is 6.42 Å². The quantitative estimate of drug-likeness (QED) is 0.685. The van der Waals surface area contributed by atoms with Gasteiger partial charge in [0.15, 0.2) is 5.78 Å². The molecule has 0 spiro atoms. The number of halogens is 1. The molecule has 13 heavy (non-hydrogen) atoms. The minimum atomic E-state index is 0.171. The van der Waals surface area contributed by atoms with Crippen molar-refractivity contribution in [1.29, 1.82) is 5.26 Å². The van der Waals surface area contributed by atoms with Crippen molar-refractivity contribution in [3.05, 3.63) is 32.4 Å². The Kier molecular flexibility index (Phi) is 2.08. The number of fused-ring (bicyclic) bond motifs is 1. The fourth-order valence-electron chi connectivity index (χ4n) is 1.58. The Morgan fingerprint density at radius 2 is 2.15 bits per heavy atom. The average molecular weight is 283 g/mol. The highest BCUT2D eigenvalue weighted by Gasteiger charge is 2.22. The molecule has 1 aromatic carbocycles. The summed E-state index contributed by atoms with van der Waals surface area (Å²) < 4.78 is 1.04. The summed E-state index contributed by atoms with van der Waals surface area (Å²) in [6.07, 6.45) is 1.43. The molecule has 0 bridgehead atoms. The van der Waals surface area contributed by atoms with Crippen LogP contribution in [-0.4, -0.2) is 5.78 Å². The van der Waals surface area contributed by atoms with E-state index < -0.39 is 0 Å². The Labute approximate surface area is 89.7 Å². The molecule has 0 atom stereocenters. The zero-order chi connectivity index (χ0) is 9.42. The van der Waals surface area contributed by atoms with Crippen LogP contribution >= 0.6 is 22.6 Å². The molecule has 0 saturated carbocycles. The van der Waals surface area contributed by atoms with Crippen molar-refractivity contribution in [3.8, 4) is 6.07 Å². The minimum absolute atomic E-state index is 0.171. The van der Waals surface area contributed by atoms with Crippen LogP contribution in [0.1, 0.15) is 27.9 Å². The van der Waals surface area contributed by atoms with E-state index in [0.29, 0.717) is 12.0 Å². The molecule has 0 amide bonds. The first-order valence-electron chi connectivity index (χ1n) is 3.98. The molecule has 2 nitrogen and oxygen atoms in total. The second-order valence-electron chi connectivity index (χ2n) is 3.02. The van der Waals surface area contributed by atoms with Crippen LogP contribution in [0.25, 0.3) is 0 Å². The van der Waals surface area contributed by atoms with E-state index in [1.54, 1.807) is 6.07 Å². The van der Waals surface area contributed by atoms with E-state index in [1.807, 2.05) is 6.07 Å². The summed E-state index contributed by atoms with van der Waals surface area (Å²) in [4.78, 5) is 11.4. The Hall–Kier alpha value is -0.890. The lowest BCUT2D eigenvalue weighted by atomic mass is 10.1. The van der Waals surface area contributed by atoms with Crippen LogP contribution in [0.3, 0.4) is 0 Å². The second-order valence-corrected chi connectivity index (χ2v) is 4.18. The third kappa shape index (κ3) is 1.35. The lowest BCUT2D eigenvalue weighted by molar-refractivity contribution is 0.0994. The third-order valence-electron chi connectivity index (χ3n) is 2.23. The summed E-state index contributed by atoms with van der Waals surface area (Å²) >= 11 is 2.18. The van der Waals surface area contributed by atoms with Crippen molar-refractivity contribution in [2.24, 2.45) is 0 Å². The van der Waals surface area contributed by atoms with E-state index in [4.69, 9.17) is 5.26 Å². The maximum atomic E-state index is 11.4. The van der Waals surface area contributed by atoms with Gasteiger partial charge in [0.1, 0.15) is 0 Å². The van der Waals surface area contributed by atoms with Crippen molar-refractivity contribution in [2.45, 2.75) is 12.8 Å². The Morgan fingerprint density at radius 1 is 1.38 bits per heavy atom. The summed E-state index contributed by atoms with van der Waals surface area (Å²) in [5.74, 6) is 0.171. The van der Waals surface area contributed by atoms with Crippen molar-refractivity contribution in [2.75, 3.05) is 0 Å². The number of carbonyl (C=O) groups is 1. The Bertz CT molecular complexity index is 431. The first-order valence-corrected chi connectivity index (χ1v) is 5.06. The number of nitriles is 1. The molecular weight excluding hydrogens is 277 g/mol. The van der Waals surface area contributed by atoms with Crippen LogP contribution in [0.4, 0.5) is 0 Å². The highest BCUT2D eigenvalue weighted by Crippen LogP contribution is 2.27. The lowest BCUT2D eigenvalue weighted by Gasteiger charge is -2.00. The molecule has 0 unspecified atom stereocenters. The van der Waals surface area contributed by atoms with Crippen molar-refractivity contribution in [1.82, 2.24) is 0 Å². The van der Waals surface area contributed by atoms with Gasteiger partial charge in [-0.05, 0) is 46.7 Å². The van der Waals surface area contributed by atoms with E-state index in [2.05, 4.69) is 28.7 Å². The largest absolute Gasteiger partial charge is 0.294 e. The Morgan fingerprint density at radius 3 is 2.85 bits per heavy atom. The molecule has 1 aliphatic carbocycles. The fourth-order valence-corrected chi connectivity index (χ4v) is 2.47. The number of ketones is 1. The number of nitrogens with zero attached hydrogens (tertiary/aromatic N) is 1. The number of Topliss-reactive ketones (excluding diaryl/α,β-unsaturated/α-hetero) is 1. The van der Waals surface area contributed by atoms with Gasteiger partial charge in [-0.25, -0.2) is 0 Å². The predicted octanol–water partition coefficient (Wildman–Crippen LogP) is 2.29. The smallest absolute Gasteiger partial charge is 0.163 e. The zero-order valence-corrected chi connectivity index (χ0v) is 8.96. The van der Waals surface area contributed by atoms with Crippen molar-refractivity contribution in [3.63, 3.8) is 0 Å². The van der Waals surface area contributed by atoms with Gasteiger partial charge in [0, 0.05) is 15.6 Å². The maximum Gasteiger partial charge on any atom is 0.163 e. The molecule has 0 radical (unpaired) electrons. The monoisotopic (exact) mass is 283 g/mol. The van der Waals surface area contributed by atoms with Crippen molar-refractivity contribution >= 4 is 28.4 Å². The molecule has 2 rings (SSSR count). The topological polar surface area (TPSA) is 40.9 Å². The van der Waals surface area contributed by atoms with Gasteiger partial charge in [-0.1, -0.05) is 0 Å². The molecule has 64 valence electrons. The van der Waals surface area contributed by atoms with Gasteiger partial charge in [-0.3, -0.25) is 4.79 Å². The molecule has 0 saturated heterocycles. The molecule has 1 aliphatic rings. The minimum Gasteiger partial charge on any atom is -0.294 e. The number of hydrogen-bond donors (Lipinski definition) is 0. The van der Waals surface area contributed by atoms with Crippen LogP contribution < -0.4 is 0 Å². The van der Waals surface area contributed by atoms with E-state index in [9.17, 15) is 4.79 Å². The molecule has 0 fully saturated rings. The molecule has 3 heteroatoms. The maximum absolute atomic E-state index is 11.4. The Balaban J connectivity index is 2.68. The zero-order valence-electron chi connectivity index (χ0n) is 6.80. The van der Waals surface area contributed by atoms with Gasteiger partial charge in [-0.2, -0.15) is 5.26 Å². The van der Waals surface area contributed by atoms with Gasteiger partial charge >= 0.3 is 0 Å². The predicted molar refractivity (Wildman–Crippen MR) is 56.5 cm³/mol. The number of hydrogen-bond acceptors (Lipinski definition) is 2. The number of carbonyl (C=O) groups excluding carboxylic acids is 1. The molecular formula is C10H6INO. The second kappa shape index (κ2) is 3.11. The van der Waals surface area contributed by atoms with Gasteiger partial charge in [0.25, 0.3) is 0 Å². The highest BCUT2D eigenvalue weighted by molar-refractivity contribution is 14.1. The molecule has 1 aromatic rings. The summed E-state index contributed by atoms with van der Waals surface area (Å²) in [5, 5.41) is 8.71. The standard InChI is InChI=1S/C10H6INO/c11-9-4-6(5-12)3-8-7(9)1-2-10(8)13/h3-4H,1-2H2. The average Bonchev–Trinajstić information content (AvgIpc) is 2.48. The van der Waals surface area contributed by atoms with Crippen LogP contribution in [0.15, 0.2) is 12.1 Å². The first-order chi connectivity index (χ1) is 6.22. The van der Waals surface area contributed by atoms with Crippen LogP contribution in [0.5, 0.6) is 0 Å². The molecule has 0 aromatic heterocycles.